The van der Waals surface area contributed by atoms with Crippen LogP contribution in [0.3, 0.4) is 0 Å². The van der Waals surface area contributed by atoms with Gasteiger partial charge in [-0.15, -0.1) is 0 Å². The summed E-state index contributed by atoms with van der Waals surface area (Å²) >= 11 is 0. The van der Waals surface area contributed by atoms with E-state index in [1.807, 2.05) is 0 Å². The van der Waals surface area contributed by atoms with Gasteiger partial charge in [-0.05, 0) is 55.4 Å². The Morgan fingerprint density at radius 1 is 0.400 bits per heavy atom. The van der Waals surface area contributed by atoms with Crippen LogP contribution < -0.4 is 0 Å². The Balaban J connectivity index is 6.09. The van der Waals surface area contributed by atoms with Gasteiger partial charge in [0.05, 0.1) is 0 Å². The van der Waals surface area contributed by atoms with E-state index in [2.05, 4.69) is 0 Å². The molecular formula is C16H36O8Si. The van der Waals surface area contributed by atoms with Crippen molar-refractivity contribution < 1.29 is 36.7 Å². The zero-order chi connectivity index (χ0) is 20.2. The number of rotatable bonds is 12. The lowest BCUT2D eigenvalue weighted by Gasteiger charge is -2.44. The minimum Gasteiger partial charge on any atom is -0.355 e. The third-order valence-corrected chi connectivity index (χ3v) is 6.42. The van der Waals surface area contributed by atoms with Gasteiger partial charge in [-0.2, -0.15) is 0 Å². The lowest BCUT2D eigenvalue weighted by molar-refractivity contribution is -0.299. The van der Waals surface area contributed by atoms with Gasteiger partial charge in [-0.25, -0.2) is 0 Å². The van der Waals surface area contributed by atoms with Crippen LogP contribution in [0.1, 0.15) is 55.4 Å². The Bertz CT molecular complexity index is 331. The largest absolute Gasteiger partial charge is 0.688 e. The summed E-state index contributed by atoms with van der Waals surface area (Å²) in [6.45, 7) is 13.8. The van der Waals surface area contributed by atoms with E-state index in [0.717, 1.165) is 0 Å². The molecule has 0 atom stereocenters. The molecule has 0 bridgehead atoms. The quantitative estimate of drug-likeness (QED) is 0.375. The molecule has 9 heteroatoms. The van der Waals surface area contributed by atoms with Gasteiger partial charge in [-0.3, -0.25) is 0 Å². The van der Waals surface area contributed by atoms with Crippen molar-refractivity contribution in [1.29, 1.82) is 0 Å². The maximum atomic E-state index is 6.10. The number of methoxy groups -OCH3 is 4. The minimum absolute atomic E-state index is 1.05. The second-order valence-electron chi connectivity index (χ2n) is 7.32. The average molecular weight is 385 g/mol. The third kappa shape index (κ3) is 8.89. The van der Waals surface area contributed by atoms with Crippen molar-refractivity contribution in [2.45, 2.75) is 78.5 Å². The Labute approximate surface area is 153 Å². The van der Waals surface area contributed by atoms with Crippen molar-refractivity contribution in [2.75, 3.05) is 28.4 Å². The lowest BCUT2D eigenvalue weighted by atomic mass is 10.4. The summed E-state index contributed by atoms with van der Waals surface area (Å²) in [5.41, 5.74) is 0. The first-order chi connectivity index (χ1) is 11.1. The van der Waals surface area contributed by atoms with Crippen LogP contribution in [0, 0.1) is 0 Å². The lowest BCUT2D eigenvalue weighted by Crippen LogP contribution is -2.64. The van der Waals surface area contributed by atoms with Crippen molar-refractivity contribution in [3.63, 3.8) is 0 Å². The number of hydrogen-bond acceptors (Lipinski definition) is 8. The average Bonchev–Trinajstić information content (AvgIpc) is 2.45. The molecule has 0 aliphatic rings. The Kier molecular flexibility index (Phi) is 8.69. The van der Waals surface area contributed by atoms with Crippen molar-refractivity contribution in [2.24, 2.45) is 0 Å². The normalized spacial score (nSPS) is 14.9. The molecule has 0 saturated heterocycles. The molecule has 0 aromatic heterocycles. The highest BCUT2D eigenvalue weighted by Crippen LogP contribution is 2.34. The second-order valence-corrected chi connectivity index (χ2v) is 9.14. The fourth-order valence-corrected chi connectivity index (χ4v) is 4.49. The van der Waals surface area contributed by atoms with Crippen molar-refractivity contribution in [1.82, 2.24) is 0 Å². The van der Waals surface area contributed by atoms with Gasteiger partial charge in [0, 0.05) is 28.4 Å². The van der Waals surface area contributed by atoms with E-state index in [1.54, 1.807) is 55.4 Å². The SMILES string of the molecule is COC(C)(C)O[Si](OC(C)(C)OC)(OC(C)(C)OC)OC(C)(C)OC. The van der Waals surface area contributed by atoms with Crippen LogP contribution in [-0.2, 0) is 36.7 Å². The summed E-state index contributed by atoms with van der Waals surface area (Å²) in [5.74, 6) is -4.21. The van der Waals surface area contributed by atoms with E-state index < -0.39 is 32.2 Å². The number of ether oxygens (including phenoxy) is 4. The predicted molar refractivity (Wildman–Crippen MR) is 94.4 cm³/mol. The summed E-state index contributed by atoms with van der Waals surface area (Å²) in [7, 11) is 2.15. The standard InChI is InChI=1S/C16H36O8Si/c1-13(2,17-9)21-25(22-14(3,4)18-10,23-15(5,6)19-11)24-16(7,8)20-12/h1-12H3. The first-order valence-corrected chi connectivity index (χ1v) is 9.72. The molecule has 8 nitrogen and oxygen atoms in total. The van der Waals surface area contributed by atoms with Crippen LogP contribution in [0.2, 0.25) is 0 Å². The van der Waals surface area contributed by atoms with Crippen LogP contribution in [0.25, 0.3) is 0 Å². The van der Waals surface area contributed by atoms with E-state index in [4.69, 9.17) is 36.7 Å². The molecule has 0 N–H and O–H groups in total. The summed E-state index contributed by atoms with van der Waals surface area (Å²) in [6, 6.07) is 0. The summed E-state index contributed by atoms with van der Waals surface area (Å²) < 4.78 is 45.9. The molecule has 152 valence electrons. The highest BCUT2D eigenvalue weighted by Gasteiger charge is 2.59. The van der Waals surface area contributed by atoms with E-state index in [9.17, 15) is 0 Å². The Morgan fingerprint density at radius 2 is 0.560 bits per heavy atom. The molecule has 0 heterocycles. The van der Waals surface area contributed by atoms with Gasteiger partial charge >= 0.3 is 9.05 Å². The monoisotopic (exact) mass is 384 g/mol. The van der Waals surface area contributed by atoms with Gasteiger partial charge in [-0.1, -0.05) is 0 Å². The predicted octanol–water partition coefficient (Wildman–Crippen LogP) is 3.02. The van der Waals surface area contributed by atoms with Gasteiger partial charge in [0.2, 0.25) is 0 Å². The number of hydrogen-bond donors (Lipinski definition) is 0. The highest BCUT2D eigenvalue weighted by atomic mass is 28.4. The van der Waals surface area contributed by atoms with E-state index in [0.29, 0.717) is 0 Å². The molecule has 0 aromatic carbocycles. The topological polar surface area (TPSA) is 73.8 Å². The molecular weight excluding hydrogens is 348 g/mol. The fourth-order valence-electron chi connectivity index (χ4n) is 1.50. The zero-order valence-electron chi connectivity index (χ0n) is 17.8. The molecule has 0 saturated carbocycles. The second kappa shape index (κ2) is 8.72. The van der Waals surface area contributed by atoms with Crippen LogP contribution in [0.5, 0.6) is 0 Å². The zero-order valence-corrected chi connectivity index (χ0v) is 18.8. The smallest absolute Gasteiger partial charge is 0.355 e. The van der Waals surface area contributed by atoms with E-state index in [-0.39, 0.29) is 0 Å². The van der Waals surface area contributed by atoms with E-state index >= 15 is 0 Å². The van der Waals surface area contributed by atoms with Crippen LogP contribution >= 0.6 is 0 Å². The van der Waals surface area contributed by atoms with Crippen LogP contribution in [0.4, 0.5) is 0 Å². The summed E-state index contributed by atoms with van der Waals surface area (Å²) in [4.78, 5) is 0. The van der Waals surface area contributed by atoms with Crippen LogP contribution in [-0.4, -0.2) is 60.6 Å². The third-order valence-electron chi connectivity index (χ3n) is 3.45. The van der Waals surface area contributed by atoms with Crippen LogP contribution in [0.15, 0.2) is 0 Å². The molecule has 0 aromatic rings. The molecule has 0 fully saturated rings. The Morgan fingerprint density at radius 3 is 0.680 bits per heavy atom. The molecule has 0 amide bonds. The molecule has 25 heavy (non-hydrogen) atoms. The molecule has 0 spiro atoms. The minimum atomic E-state index is -3.92. The maximum absolute atomic E-state index is 6.10. The van der Waals surface area contributed by atoms with Crippen molar-refractivity contribution >= 4 is 9.05 Å². The van der Waals surface area contributed by atoms with Crippen molar-refractivity contribution in [3.8, 4) is 0 Å². The molecule has 0 rings (SSSR count). The molecule has 0 aliphatic heterocycles. The first kappa shape index (κ1) is 24.9. The van der Waals surface area contributed by atoms with Gasteiger partial charge in [0.15, 0.2) is 23.1 Å². The fraction of sp³-hybridized carbons (Fsp3) is 1.00. The molecule has 0 unspecified atom stereocenters. The van der Waals surface area contributed by atoms with Gasteiger partial charge in [0.1, 0.15) is 0 Å². The molecule has 0 aliphatic carbocycles. The Hall–Kier alpha value is -0.103. The van der Waals surface area contributed by atoms with Crippen molar-refractivity contribution in [3.05, 3.63) is 0 Å². The highest BCUT2D eigenvalue weighted by molar-refractivity contribution is 6.54. The summed E-state index contributed by atoms with van der Waals surface area (Å²) in [5, 5.41) is 0. The van der Waals surface area contributed by atoms with Gasteiger partial charge < -0.3 is 36.7 Å². The van der Waals surface area contributed by atoms with E-state index in [1.165, 1.54) is 28.4 Å². The molecule has 0 radical (unpaired) electrons. The first-order valence-electron chi connectivity index (χ1n) is 8.08. The summed E-state index contributed by atoms with van der Waals surface area (Å²) in [6.07, 6.45) is 0. The maximum Gasteiger partial charge on any atom is 0.688 e. The van der Waals surface area contributed by atoms with Gasteiger partial charge in [0.25, 0.3) is 0 Å².